The Labute approximate surface area is 98.0 Å². The lowest BCUT2D eigenvalue weighted by atomic mass is 9.86. The van der Waals surface area contributed by atoms with Gasteiger partial charge in [-0.3, -0.25) is 4.79 Å². The van der Waals surface area contributed by atoms with Gasteiger partial charge in [0.1, 0.15) is 12.7 Å². The summed E-state index contributed by atoms with van der Waals surface area (Å²) in [5.41, 5.74) is -0.303. The van der Waals surface area contributed by atoms with Gasteiger partial charge >= 0.3 is 5.97 Å². The van der Waals surface area contributed by atoms with Gasteiger partial charge in [-0.25, -0.2) is 14.6 Å². The molecule has 0 atom stereocenters. The Balaban J connectivity index is 2.34. The molecule has 2 aromatic rings. The molecule has 2 heterocycles. The molecule has 1 N–H and O–H groups in total. The monoisotopic (exact) mass is 232 g/mol. The standard InChI is InChI=1S/C11H12N4O2/c1-11(2,10(16)17)8-3-4-9(13-5-8)15-7-12-6-14-15/h3-7H,1-2H3,(H,16,17). The second kappa shape index (κ2) is 3.97. The Morgan fingerprint density at radius 2 is 2.18 bits per heavy atom. The molecule has 88 valence electrons. The van der Waals surface area contributed by atoms with E-state index in [0.29, 0.717) is 11.4 Å². The summed E-state index contributed by atoms with van der Waals surface area (Å²) in [4.78, 5) is 19.1. The third-order valence-electron chi connectivity index (χ3n) is 2.66. The van der Waals surface area contributed by atoms with E-state index < -0.39 is 11.4 Å². The van der Waals surface area contributed by atoms with Gasteiger partial charge in [-0.05, 0) is 25.5 Å². The molecular weight excluding hydrogens is 220 g/mol. The van der Waals surface area contributed by atoms with Crippen molar-refractivity contribution in [1.82, 2.24) is 19.7 Å². The van der Waals surface area contributed by atoms with E-state index in [1.165, 1.54) is 17.3 Å². The number of aromatic nitrogens is 4. The number of aliphatic carboxylic acids is 1. The van der Waals surface area contributed by atoms with Crippen LogP contribution in [0.15, 0.2) is 31.0 Å². The summed E-state index contributed by atoms with van der Waals surface area (Å²) in [6.45, 7) is 3.28. The second-order valence-electron chi connectivity index (χ2n) is 4.18. The average molecular weight is 232 g/mol. The summed E-state index contributed by atoms with van der Waals surface area (Å²) < 4.78 is 1.51. The topological polar surface area (TPSA) is 80.9 Å². The lowest BCUT2D eigenvalue weighted by Crippen LogP contribution is -2.28. The molecule has 0 saturated heterocycles. The van der Waals surface area contributed by atoms with Crippen molar-refractivity contribution >= 4 is 5.97 Å². The third kappa shape index (κ3) is 2.01. The van der Waals surface area contributed by atoms with Crippen molar-refractivity contribution in [2.75, 3.05) is 0 Å². The largest absolute Gasteiger partial charge is 0.481 e. The van der Waals surface area contributed by atoms with Crippen molar-refractivity contribution in [3.63, 3.8) is 0 Å². The second-order valence-corrected chi connectivity index (χ2v) is 4.18. The van der Waals surface area contributed by atoms with Crippen LogP contribution in [0.3, 0.4) is 0 Å². The maximum atomic E-state index is 11.1. The summed E-state index contributed by atoms with van der Waals surface area (Å²) in [7, 11) is 0. The zero-order chi connectivity index (χ0) is 12.5. The molecule has 0 radical (unpaired) electrons. The Kier molecular flexibility index (Phi) is 2.63. The van der Waals surface area contributed by atoms with Gasteiger partial charge < -0.3 is 5.11 Å². The molecule has 17 heavy (non-hydrogen) atoms. The van der Waals surface area contributed by atoms with Gasteiger partial charge in [0.2, 0.25) is 0 Å². The predicted octanol–water partition coefficient (Wildman–Crippen LogP) is 1.02. The van der Waals surface area contributed by atoms with Gasteiger partial charge in [-0.2, -0.15) is 5.10 Å². The van der Waals surface area contributed by atoms with Crippen LogP contribution in [0.2, 0.25) is 0 Å². The molecule has 0 aromatic carbocycles. The van der Waals surface area contributed by atoms with Crippen molar-refractivity contribution in [2.45, 2.75) is 19.3 Å². The number of nitrogens with zero attached hydrogens (tertiary/aromatic N) is 4. The molecule has 0 aliphatic carbocycles. The minimum absolute atomic E-state index is 0.604. The van der Waals surface area contributed by atoms with Crippen molar-refractivity contribution in [3.05, 3.63) is 36.5 Å². The van der Waals surface area contributed by atoms with Crippen LogP contribution in [0, 0.1) is 0 Å². The molecule has 0 aliphatic heterocycles. The number of carboxylic acids is 1. The lowest BCUT2D eigenvalue weighted by molar-refractivity contribution is -0.142. The van der Waals surface area contributed by atoms with E-state index in [9.17, 15) is 4.79 Å². The van der Waals surface area contributed by atoms with E-state index >= 15 is 0 Å². The SMILES string of the molecule is CC(C)(C(=O)O)c1ccc(-n2cncn2)nc1. The zero-order valence-corrected chi connectivity index (χ0v) is 9.53. The van der Waals surface area contributed by atoms with Crippen molar-refractivity contribution in [1.29, 1.82) is 0 Å². The number of carbonyl (C=O) groups is 1. The smallest absolute Gasteiger partial charge is 0.313 e. The molecule has 0 spiro atoms. The van der Waals surface area contributed by atoms with Crippen LogP contribution >= 0.6 is 0 Å². The zero-order valence-electron chi connectivity index (χ0n) is 9.53. The van der Waals surface area contributed by atoms with E-state index in [2.05, 4.69) is 15.1 Å². The minimum atomic E-state index is -0.950. The van der Waals surface area contributed by atoms with Gasteiger partial charge in [0.05, 0.1) is 5.41 Å². The molecule has 6 heteroatoms. The minimum Gasteiger partial charge on any atom is -0.481 e. The van der Waals surface area contributed by atoms with Crippen LogP contribution in [0.4, 0.5) is 0 Å². The fourth-order valence-electron chi connectivity index (χ4n) is 1.34. The third-order valence-corrected chi connectivity index (χ3v) is 2.66. The number of hydrogen-bond donors (Lipinski definition) is 1. The van der Waals surface area contributed by atoms with Crippen molar-refractivity contribution in [3.8, 4) is 5.82 Å². The fourth-order valence-corrected chi connectivity index (χ4v) is 1.34. The highest BCUT2D eigenvalue weighted by atomic mass is 16.4. The molecule has 0 bridgehead atoms. The first kappa shape index (κ1) is 11.3. The van der Waals surface area contributed by atoms with Crippen LogP contribution in [-0.2, 0) is 10.2 Å². The molecule has 0 fully saturated rings. The highest BCUT2D eigenvalue weighted by Gasteiger charge is 2.29. The van der Waals surface area contributed by atoms with Crippen molar-refractivity contribution in [2.24, 2.45) is 0 Å². The van der Waals surface area contributed by atoms with Crippen LogP contribution < -0.4 is 0 Å². The van der Waals surface area contributed by atoms with Crippen LogP contribution in [0.25, 0.3) is 5.82 Å². The van der Waals surface area contributed by atoms with Gasteiger partial charge in [-0.1, -0.05) is 6.07 Å². The highest BCUT2D eigenvalue weighted by molar-refractivity contribution is 5.80. The number of carboxylic acid groups (broad SMARTS) is 1. The Bertz CT molecular complexity index is 517. The Morgan fingerprint density at radius 3 is 2.65 bits per heavy atom. The highest BCUT2D eigenvalue weighted by Crippen LogP contribution is 2.22. The maximum absolute atomic E-state index is 11.1. The van der Waals surface area contributed by atoms with Gasteiger partial charge in [0.25, 0.3) is 0 Å². The first-order valence-corrected chi connectivity index (χ1v) is 5.07. The molecule has 2 aromatic heterocycles. The van der Waals surface area contributed by atoms with Gasteiger partial charge in [0.15, 0.2) is 5.82 Å². The molecule has 2 rings (SSSR count). The van der Waals surface area contributed by atoms with Gasteiger partial charge in [0, 0.05) is 6.20 Å². The lowest BCUT2D eigenvalue weighted by Gasteiger charge is -2.19. The van der Waals surface area contributed by atoms with Crippen molar-refractivity contribution < 1.29 is 9.90 Å². The van der Waals surface area contributed by atoms with Gasteiger partial charge in [-0.15, -0.1) is 0 Å². The van der Waals surface area contributed by atoms with E-state index in [1.54, 1.807) is 32.2 Å². The average Bonchev–Trinajstić information content (AvgIpc) is 2.82. The Hall–Kier alpha value is -2.24. The maximum Gasteiger partial charge on any atom is 0.313 e. The van der Waals surface area contributed by atoms with Crippen LogP contribution in [0.5, 0.6) is 0 Å². The predicted molar refractivity (Wildman–Crippen MR) is 59.8 cm³/mol. The summed E-state index contributed by atoms with van der Waals surface area (Å²) in [5.74, 6) is -0.278. The van der Waals surface area contributed by atoms with E-state index in [-0.39, 0.29) is 0 Å². The molecule has 0 unspecified atom stereocenters. The quantitative estimate of drug-likeness (QED) is 0.854. The molecule has 6 nitrogen and oxygen atoms in total. The first-order chi connectivity index (χ1) is 8.01. The Morgan fingerprint density at radius 1 is 1.41 bits per heavy atom. The van der Waals surface area contributed by atoms with Crippen LogP contribution in [0.1, 0.15) is 19.4 Å². The summed E-state index contributed by atoms with van der Waals surface area (Å²) in [5, 5.41) is 13.0. The van der Waals surface area contributed by atoms with E-state index in [4.69, 9.17) is 5.11 Å². The number of pyridine rings is 1. The van der Waals surface area contributed by atoms with E-state index in [1.807, 2.05) is 0 Å². The molecule has 0 saturated carbocycles. The summed E-state index contributed by atoms with van der Waals surface area (Å²) >= 11 is 0. The first-order valence-electron chi connectivity index (χ1n) is 5.07. The summed E-state index contributed by atoms with van der Waals surface area (Å²) in [6, 6.07) is 3.45. The number of hydrogen-bond acceptors (Lipinski definition) is 4. The molecule has 0 amide bonds. The van der Waals surface area contributed by atoms with Crippen LogP contribution in [-0.4, -0.2) is 30.8 Å². The summed E-state index contributed by atoms with van der Waals surface area (Å²) in [6.07, 6.45) is 4.49. The van der Waals surface area contributed by atoms with E-state index in [0.717, 1.165) is 0 Å². The molecular formula is C11H12N4O2. The number of rotatable bonds is 3. The normalized spacial score (nSPS) is 11.4. The molecule has 0 aliphatic rings. The fraction of sp³-hybridized carbons (Fsp3) is 0.273.